The predicted molar refractivity (Wildman–Crippen MR) is 157 cm³/mol. The molecule has 0 bridgehead atoms. The second-order valence-corrected chi connectivity index (χ2v) is 10.9. The van der Waals surface area contributed by atoms with Crippen LogP contribution in [0.15, 0.2) is 114 Å². The molecule has 1 aromatic heterocycles. The summed E-state index contributed by atoms with van der Waals surface area (Å²) in [6.45, 7) is 8.78. The molecule has 5 nitrogen and oxygen atoms in total. The van der Waals surface area contributed by atoms with E-state index in [4.69, 9.17) is 4.98 Å². The van der Waals surface area contributed by atoms with Crippen LogP contribution in [0.4, 0.5) is 0 Å². The Hall–Kier alpha value is -4.51. The number of hydrogen-bond donors (Lipinski definition) is 0. The van der Waals surface area contributed by atoms with Crippen LogP contribution in [0.2, 0.25) is 0 Å². The molecule has 0 aliphatic rings. The molecule has 5 heteroatoms. The van der Waals surface area contributed by atoms with E-state index in [0.717, 1.165) is 11.1 Å². The molecular formula is C34H33N3O2. The first kappa shape index (κ1) is 26.1. The summed E-state index contributed by atoms with van der Waals surface area (Å²) >= 11 is 0. The summed E-state index contributed by atoms with van der Waals surface area (Å²) in [4.78, 5) is 34.7. The monoisotopic (exact) mass is 515 g/mol. The van der Waals surface area contributed by atoms with Crippen molar-refractivity contribution in [3.8, 4) is 5.69 Å². The largest absolute Gasteiger partial charge is 0.324 e. The maximum Gasteiger partial charge on any atom is 0.266 e. The highest BCUT2D eigenvalue weighted by Crippen LogP contribution is 2.28. The van der Waals surface area contributed by atoms with Gasteiger partial charge in [0.2, 0.25) is 0 Å². The van der Waals surface area contributed by atoms with Gasteiger partial charge in [-0.2, -0.15) is 0 Å². The van der Waals surface area contributed by atoms with Gasteiger partial charge in [0, 0.05) is 12.1 Å². The third kappa shape index (κ3) is 5.39. The van der Waals surface area contributed by atoms with Crippen molar-refractivity contribution in [1.82, 2.24) is 14.5 Å². The van der Waals surface area contributed by atoms with Crippen molar-refractivity contribution in [2.24, 2.45) is 0 Å². The van der Waals surface area contributed by atoms with Gasteiger partial charge in [0.15, 0.2) is 0 Å². The van der Waals surface area contributed by atoms with E-state index in [1.54, 1.807) is 15.5 Å². The van der Waals surface area contributed by atoms with Crippen LogP contribution in [-0.2, 0) is 12.0 Å². The number of para-hydroxylation sites is 2. The minimum atomic E-state index is -0.502. The molecule has 4 aromatic carbocycles. The summed E-state index contributed by atoms with van der Waals surface area (Å²) in [5, 5.41) is 0.538. The van der Waals surface area contributed by atoms with Crippen LogP contribution in [0.3, 0.4) is 0 Å². The standard InChI is InChI=1S/C34H33N3O2/c1-24(31-35-30-18-12-11-17-29(30)33(39)37(31)28-15-9-6-10-16-28)36(23-25-13-7-5-8-14-25)32(38)26-19-21-27(22-20-26)34(2,3)4/h5-22,24H,23H2,1-4H3. The summed E-state index contributed by atoms with van der Waals surface area (Å²) < 4.78 is 1.64. The third-order valence-corrected chi connectivity index (χ3v) is 7.11. The second-order valence-electron chi connectivity index (χ2n) is 10.9. The Kier molecular flexibility index (Phi) is 7.16. The van der Waals surface area contributed by atoms with E-state index in [1.165, 1.54) is 0 Å². The number of rotatable bonds is 6. The smallest absolute Gasteiger partial charge is 0.266 e. The van der Waals surface area contributed by atoms with Crippen LogP contribution in [0, 0.1) is 0 Å². The molecule has 1 unspecified atom stereocenters. The van der Waals surface area contributed by atoms with Crippen LogP contribution < -0.4 is 5.56 Å². The van der Waals surface area contributed by atoms with Crippen LogP contribution in [0.5, 0.6) is 0 Å². The van der Waals surface area contributed by atoms with Gasteiger partial charge in [-0.15, -0.1) is 0 Å². The average Bonchev–Trinajstić information content (AvgIpc) is 2.96. The molecule has 1 amide bonds. The van der Waals surface area contributed by atoms with Gasteiger partial charge in [-0.05, 0) is 59.9 Å². The lowest BCUT2D eigenvalue weighted by atomic mass is 9.86. The van der Waals surface area contributed by atoms with Gasteiger partial charge in [-0.3, -0.25) is 14.2 Å². The molecule has 0 saturated carbocycles. The minimum absolute atomic E-state index is 0.0145. The first-order valence-corrected chi connectivity index (χ1v) is 13.3. The minimum Gasteiger partial charge on any atom is -0.324 e. The molecule has 0 N–H and O–H groups in total. The summed E-state index contributed by atoms with van der Waals surface area (Å²) in [7, 11) is 0. The van der Waals surface area contributed by atoms with Crippen molar-refractivity contribution < 1.29 is 4.79 Å². The number of aromatic nitrogens is 2. The normalized spacial score (nSPS) is 12.3. The van der Waals surface area contributed by atoms with Crippen molar-refractivity contribution in [3.05, 3.63) is 142 Å². The van der Waals surface area contributed by atoms with E-state index >= 15 is 0 Å². The number of hydrogen-bond acceptors (Lipinski definition) is 3. The maximum atomic E-state index is 14.1. The van der Waals surface area contributed by atoms with E-state index in [1.807, 2.05) is 110 Å². The summed E-state index contributed by atoms with van der Waals surface area (Å²) in [5.41, 5.74) is 3.91. The molecule has 5 rings (SSSR count). The molecule has 0 radical (unpaired) electrons. The fourth-order valence-corrected chi connectivity index (χ4v) is 4.84. The lowest BCUT2D eigenvalue weighted by Gasteiger charge is -2.31. The molecule has 196 valence electrons. The number of carbonyl (C=O) groups excluding carboxylic acids is 1. The Morgan fingerprint density at radius 3 is 2.05 bits per heavy atom. The van der Waals surface area contributed by atoms with E-state index < -0.39 is 6.04 Å². The predicted octanol–water partition coefficient (Wildman–Crippen LogP) is 7.09. The van der Waals surface area contributed by atoms with Crippen molar-refractivity contribution in [2.45, 2.75) is 45.7 Å². The van der Waals surface area contributed by atoms with Crippen LogP contribution in [0.1, 0.15) is 61.0 Å². The Morgan fingerprint density at radius 1 is 0.821 bits per heavy atom. The average molecular weight is 516 g/mol. The van der Waals surface area contributed by atoms with Gasteiger partial charge >= 0.3 is 0 Å². The van der Waals surface area contributed by atoms with Crippen molar-refractivity contribution >= 4 is 16.8 Å². The zero-order chi connectivity index (χ0) is 27.6. The molecule has 5 aromatic rings. The van der Waals surface area contributed by atoms with Crippen molar-refractivity contribution in [3.63, 3.8) is 0 Å². The Labute approximate surface area is 229 Å². The third-order valence-electron chi connectivity index (χ3n) is 7.11. The summed E-state index contributed by atoms with van der Waals surface area (Å²) in [5.74, 6) is 0.398. The first-order valence-electron chi connectivity index (χ1n) is 13.3. The Morgan fingerprint density at radius 2 is 1.41 bits per heavy atom. The van der Waals surface area contributed by atoms with Gasteiger partial charge in [-0.1, -0.05) is 93.6 Å². The molecule has 0 aliphatic carbocycles. The lowest BCUT2D eigenvalue weighted by molar-refractivity contribution is 0.0664. The number of fused-ring (bicyclic) bond motifs is 1. The van der Waals surface area contributed by atoms with Crippen LogP contribution in [-0.4, -0.2) is 20.4 Å². The highest BCUT2D eigenvalue weighted by molar-refractivity contribution is 5.94. The van der Waals surface area contributed by atoms with E-state index in [2.05, 4.69) is 20.8 Å². The lowest BCUT2D eigenvalue weighted by Crippen LogP contribution is -2.37. The van der Waals surface area contributed by atoms with Crippen LogP contribution in [0.25, 0.3) is 16.6 Å². The van der Waals surface area contributed by atoms with Gasteiger partial charge in [0.25, 0.3) is 11.5 Å². The van der Waals surface area contributed by atoms with E-state index in [-0.39, 0.29) is 16.9 Å². The van der Waals surface area contributed by atoms with Gasteiger partial charge in [0.1, 0.15) is 5.82 Å². The molecular weight excluding hydrogens is 482 g/mol. The molecule has 39 heavy (non-hydrogen) atoms. The summed E-state index contributed by atoms with van der Waals surface area (Å²) in [6, 6.07) is 34.1. The summed E-state index contributed by atoms with van der Waals surface area (Å²) in [6.07, 6.45) is 0. The highest BCUT2D eigenvalue weighted by Gasteiger charge is 2.28. The SMILES string of the molecule is CC(c1nc2ccccc2c(=O)n1-c1ccccc1)N(Cc1ccccc1)C(=O)c1ccc(C(C)(C)C)cc1. The fourth-order valence-electron chi connectivity index (χ4n) is 4.84. The Bertz CT molecular complexity index is 1650. The van der Waals surface area contributed by atoms with Crippen LogP contribution >= 0.6 is 0 Å². The quantitative estimate of drug-likeness (QED) is 0.243. The first-order chi connectivity index (χ1) is 18.7. The fraction of sp³-hybridized carbons (Fsp3) is 0.206. The Balaban J connectivity index is 1.66. The topological polar surface area (TPSA) is 55.2 Å². The molecule has 1 heterocycles. The molecule has 0 saturated heterocycles. The number of benzene rings is 4. The molecule has 0 spiro atoms. The molecule has 1 atom stereocenters. The molecule has 0 fully saturated rings. The van der Waals surface area contributed by atoms with Gasteiger partial charge < -0.3 is 4.90 Å². The maximum absolute atomic E-state index is 14.1. The molecule has 0 aliphatic heterocycles. The van der Waals surface area contributed by atoms with Crippen molar-refractivity contribution in [1.29, 1.82) is 0 Å². The van der Waals surface area contributed by atoms with Gasteiger partial charge in [0.05, 0.1) is 22.6 Å². The second kappa shape index (κ2) is 10.7. The van der Waals surface area contributed by atoms with E-state index in [0.29, 0.717) is 34.5 Å². The zero-order valence-corrected chi connectivity index (χ0v) is 22.8. The number of amides is 1. The van der Waals surface area contributed by atoms with E-state index in [9.17, 15) is 9.59 Å². The zero-order valence-electron chi connectivity index (χ0n) is 22.8. The number of carbonyl (C=O) groups is 1. The number of nitrogens with zero attached hydrogens (tertiary/aromatic N) is 3. The van der Waals surface area contributed by atoms with Crippen molar-refractivity contribution in [2.75, 3.05) is 0 Å². The van der Waals surface area contributed by atoms with Gasteiger partial charge in [-0.25, -0.2) is 4.98 Å². The highest BCUT2D eigenvalue weighted by atomic mass is 16.2.